The molecule has 0 saturated heterocycles. The minimum absolute atomic E-state index is 0.0905. The normalized spacial score (nSPS) is 11.4. The molecule has 0 heterocycles. The first-order valence-electron chi connectivity index (χ1n) is 13.8. The van der Waals surface area contributed by atoms with E-state index in [9.17, 15) is 28.8 Å². The first kappa shape index (κ1) is 37.8. The molecule has 13 heteroatoms. The van der Waals surface area contributed by atoms with Crippen LogP contribution >= 0.6 is 0 Å². The molecule has 0 radical (unpaired) electrons. The van der Waals surface area contributed by atoms with Gasteiger partial charge in [0.05, 0.1) is 0 Å². The van der Waals surface area contributed by atoms with Crippen LogP contribution in [0.1, 0.15) is 79.1 Å². The number of carbonyl (C=O) groups is 6. The summed E-state index contributed by atoms with van der Waals surface area (Å²) in [6.45, 7) is 8.08. The second kappa shape index (κ2) is 23.5. The monoisotopic (exact) mass is 690 g/mol. The third-order valence-electron chi connectivity index (χ3n) is 4.90. The molecule has 41 heavy (non-hydrogen) atoms. The molecule has 0 amide bonds. The van der Waals surface area contributed by atoms with Gasteiger partial charge in [0.2, 0.25) is 0 Å². The Bertz CT molecular complexity index is 826. The summed E-state index contributed by atoms with van der Waals surface area (Å²) in [6.07, 6.45) is 10.1. The Morgan fingerprint density at radius 1 is 0.439 bits per heavy atom. The van der Waals surface area contributed by atoms with E-state index in [1.54, 1.807) is 0 Å². The molecule has 230 valence electrons. The number of carbonyl (C=O) groups excluding carboxylic acids is 6. The summed E-state index contributed by atoms with van der Waals surface area (Å²) in [5, 5.41) is 0. The van der Waals surface area contributed by atoms with E-state index in [-0.39, 0.29) is 24.3 Å². The third kappa shape index (κ3) is 20.4. The van der Waals surface area contributed by atoms with Crippen molar-refractivity contribution in [2.24, 2.45) is 0 Å². The van der Waals surface area contributed by atoms with E-state index in [4.69, 9.17) is 23.4 Å². The van der Waals surface area contributed by atoms with Crippen LogP contribution in [-0.2, 0) is 52.2 Å². The minimum atomic E-state index is -5.44. The average Bonchev–Trinajstić information content (AvgIpc) is 2.93. The van der Waals surface area contributed by atoms with E-state index in [1.807, 2.05) is 27.7 Å². The van der Waals surface area contributed by atoms with Gasteiger partial charge in [-0.2, -0.15) is 0 Å². The summed E-state index contributed by atoms with van der Waals surface area (Å²) >= 11 is -5.44. The van der Waals surface area contributed by atoms with Crippen molar-refractivity contribution in [1.29, 1.82) is 0 Å². The van der Waals surface area contributed by atoms with Gasteiger partial charge in [0.1, 0.15) is 0 Å². The Kier molecular flexibility index (Phi) is 21.7. The van der Waals surface area contributed by atoms with Gasteiger partial charge >= 0.3 is 247 Å². The van der Waals surface area contributed by atoms with E-state index >= 15 is 0 Å². The predicted molar refractivity (Wildman–Crippen MR) is 149 cm³/mol. The van der Waals surface area contributed by atoms with Crippen LogP contribution in [0.3, 0.4) is 0 Å². The molecular weight excluding hydrogens is 647 g/mol. The van der Waals surface area contributed by atoms with Crippen LogP contribution in [0.15, 0.2) is 36.5 Å². The van der Waals surface area contributed by atoms with Gasteiger partial charge in [0.25, 0.3) is 0 Å². The summed E-state index contributed by atoms with van der Waals surface area (Å²) in [5.41, 5.74) is 0. The number of unbranched alkanes of at least 4 members (excludes halogenated alkanes) is 4. The zero-order chi connectivity index (χ0) is 30.9. The Morgan fingerprint density at radius 3 is 0.976 bits per heavy atom. The van der Waals surface area contributed by atoms with Crippen LogP contribution < -0.4 is 0 Å². The van der Waals surface area contributed by atoms with E-state index in [1.165, 1.54) is 0 Å². The molecule has 0 N–H and O–H groups in total. The first-order chi connectivity index (χ1) is 19.6. The molecule has 0 aromatic heterocycles. The van der Waals surface area contributed by atoms with Crippen molar-refractivity contribution in [2.75, 3.05) is 19.8 Å². The fourth-order valence-electron chi connectivity index (χ4n) is 2.67. The van der Waals surface area contributed by atoms with Crippen LogP contribution in [-0.4, -0.2) is 75.3 Å². The second-order valence-corrected chi connectivity index (χ2v) is 15.7. The molecule has 0 aliphatic rings. The van der Waals surface area contributed by atoms with Gasteiger partial charge < -0.3 is 0 Å². The molecule has 12 nitrogen and oxygen atoms in total. The molecule has 0 fully saturated rings. The number of esters is 3. The van der Waals surface area contributed by atoms with Gasteiger partial charge in [-0.25, -0.2) is 0 Å². The summed E-state index contributed by atoms with van der Waals surface area (Å²) in [4.78, 5) is 73.3. The number of hydrogen-bond donors (Lipinski definition) is 0. The molecule has 0 aliphatic carbocycles. The van der Waals surface area contributed by atoms with Crippen molar-refractivity contribution in [3.63, 3.8) is 0 Å². The molecule has 0 aliphatic heterocycles. The van der Waals surface area contributed by atoms with Gasteiger partial charge in [0.15, 0.2) is 0 Å². The molecule has 0 bridgehead atoms. The Hall–Kier alpha value is -3.16. The van der Waals surface area contributed by atoms with E-state index in [2.05, 4.69) is 0 Å². The molecule has 0 aromatic rings. The van der Waals surface area contributed by atoms with Crippen molar-refractivity contribution in [3.05, 3.63) is 36.5 Å². The maximum atomic E-state index is 12.6. The van der Waals surface area contributed by atoms with Crippen LogP contribution in [0.4, 0.5) is 0 Å². The van der Waals surface area contributed by atoms with Crippen molar-refractivity contribution in [3.8, 4) is 0 Å². The summed E-state index contributed by atoms with van der Waals surface area (Å²) < 4.78 is 31.0. The number of hydrogen-bond acceptors (Lipinski definition) is 12. The van der Waals surface area contributed by atoms with E-state index < -0.39 is 55.4 Å². The van der Waals surface area contributed by atoms with Crippen molar-refractivity contribution < 1.29 is 52.2 Å². The topological polar surface area (TPSA) is 158 Å². The SMILES string of the molecule is CCCCOC(=O)/C=C\C(=O)[O][Sn]([CH2]CCC)([O]C(=O)/C=C\C(=O)OCCCC)[O]C(=O)/C=C\C(=O)OCCCC. The zero-order valence-corrected chi connectivity index (χ0v) is 27.2. The number of ether oxygens (including phenoxy) is 3. The summed E-state index contributed by atoms with van der Waals surface area (Å²) in [7, 11) is 0. The van der Waals surface area contributed by atoms with Crippen molar-refractivity contribution in [2.45, 2.75) is 83.5 Å². The van der Waals surface area contributed by atoms with Crippen LogP contribution in [0.5, 0.6) is 0 Å². The molecule has 0 saturated carbocycles. The van der Waals surface area contributed by atoms with Gasteiger partial charge in [-0.05, 0) is 0 Å². The fourth-order valence-corrected chi connectivity index (χ4v) is 9.36. The van der Waals surface area contributed by atoms with E-state index in [0.717, 1.165) is 55.7 Å². The number of rotatable bonds is 21. The average molecular weight is 689 g/mol. The maximum absolute atomic E-state index is 12.6. The van der Waals surface area contributed by atoms with Crippen LogP contribution in [0.2, 0.25) is 4.44 Å². The fraction of sp³-hybridized carbons (Fsp3) is 0.571. The second-order valence-electron chi connectivity index (χ2n) is 8.61. The van der Waals surface area contributed by atoms with Crippen molar-refractivity contribution >= 4 is 55.4 Å². The Balaban J connectivity index is 5.83. The molecule has 0 unspecified atom stereocenters. The van der Waals surface area contributed by atoms with E-state index in [0.29, 0.717) is 32.1 Å². The quantitative estimate of drug-likeness (QED) is 0.0561. The zero-order valence-electron chi connectivity index (χ0n) is 24.3. The molecule has 0 aromatic carbocycles. The molecule has 0 spiro atoms. The Morgan fingerprint density at radius 2 is 0.707 bits per heavy atom. The van der Waals surface area contributed by atoms with Gasteiger partial charge in [-0.3, -0.25) is 0 Å². The third-order valence-corrected chi connectivity index (χ3v) is 12.0. The van der Waals surface area contributed by atoms with Crippen molar-refractivity contribution in [1.82, 2.24) is 0 Å². The van der Waals surface area contributed by atoms with Crippen LogP contribution in [0.25, 0.3) is 0 Å². The summed E-state index contributed by atoms with van der Waals surface area (Å²) in [6, 6.07) is 0. The Labute approximate surface area is 246 Å². The van der Waals surface area contributed by atoms with Gasteiger partial charge in [-0.1, -0.05) is 0 Å². The standard InChI is InChI=1S/3C8H12O4.C4H9.Sn/c3*1-2-3-6-12-8(11)5-4-7(9)10;1-3-4-2;/h3*4-5H,2-3,6H2,1H3,(H,9,10);1,3-4H2,2H3;/q;;;;+3/p-3/b3*5-4-;;. The van der Waals surface area contributed by atoms with Crippen LogP contribution in [0, 0.1) is 0 Å². The molecular formula is C28H42O12Sn. The van der Waals surface area contributed by atoms with Gasteiger partial charge in [-0.15, -0.1) is 0 Å². The summed E-state index contributed by atoms with van der Waals surface area (Å²) in [5.74, 6) is -5.66. The van der Waals surface area contributed by atoms with Gasteiger partial charge in [0, 0.05) is 0 Å². The predicted octanol–water partition coefficient (Wildman–Crippen LogP) is 4.05. The molecule has 0 rings (SSSR count). The molecule has 0 atom stereocenters. The first-order valence-corrected chi connectivity index (χ1v) is 19.4.